The molecule has 0 bridgehead atoms. The van der Waals surface area contributed by atoms with Crippen molar-refractivity contribution in [3.05, 3.63) is 53.0 Å². The van der Waals surface area contributed by atoms with Gasteiger partial charge >= 0.3 is 5.91 Å². The van der Waals surface area contributed by atoms with Crippen LogP contribution in [-0.2, 0) is 13.0 Å². The average Bonchev–Trinajstić information content (AvgIpc) is 2.87. The molecule has 2 rings (SSSR count). The zero-order valence-corrected chi connectivity index (χ0v) is 11.8. The standard InChI is InChI=1S/C15H18N2O4/c1-10-12(8-14(21-10)15(19)17-16)9-20-13-4-2-11(3-5-13)6-7-18/h2-5,8,18H,6-7,9,16H2,1H3,(H,17,19). The van der Waals surface area contributed by atoms with E-state index in [0.717, 1.165) is 11.1 Å². The van der Waals surface area contributed by atoms with Crippen molar-refractivity contribution < 1.29 is 19.1 Å². The van der Waals surface area contributed by atoms with Gasteiger partial charge in [0.1, 0.15) is 18.1 Å². The molecule has 21 heavy (non-hydrogen) atoms. The molecule has 1 heterocycles. The first-order valence-electron chi connectivity index (χ1n) is 6.57. The third kappa shape index (κ3) is 3.84. The van der Waals surface area contributed by atoms with Gasteiger partial charge < -0.3 is 14.3 Å². The predicted octanol–water partition coefficient (Wildman–Crippen LogP) is 1.31. The molecule has 0 unspecified atom stereocenters. The van der Waals surface area contributed by atoms with E-state index < -0.39 is 5.91 Å². The second-order valence-corrected chi connectivity index (χ2v) is 4.57. The summed E-state index contributed by atoms with van der Waals surface area (Å²) in [6.07, 6.45) is 0.624. The lowest BCUT2D eigenvalue weighted by atomic mass is 10.1. The van der Waals surface area contributed by atoms with Crippen molar-refractivity contribution in [3.8, 4) is 5.75 Å². The Morgan fingerprint density at radius 3 is 2.71 bits per heavy atom. The van der Waals surface area contributed by atoms with Gasteiger partial charge in [-0.05, 0) is 37.1 Å². The van der Waals surface area contributed by atoms with Gasteiger partial charge in [-0.15, -0.1) is 0 Å². The number of nitrogen functional groups attached to an aromatic ring is 1. The molecule has 6 nitrogen and oxygen atoms in total. The van der Waals surface area contributed by atoms with Gasteiger partial charge in [0, 0.05) is 12.2 Å². The van der Waals surface area contributed by atoms with Gasteiger partial charge in [0.05, 0.1) is 0 Å². The Kier molecular flexibility index (Phi) is 4.97. The molecular formula is C15H18N2O4. The van der Waals surface area contributed by atoms with Crippen molar-refractivity contribution in [2.24, 2.45) is 5.84 Å². The minimum absolute atomic E-state index is 0.125. The number of aliphatic hydroxyl groups excluding tert-OH is 1. The summed E-state index contributed by atoms with van der Waals surface area (Å²) in [6, 6.07) is 9.10. The third-order valence-corrected chi connectivity index (χ3v) is 3.09. The van der Waals surface area contributed by atoms with Gasteiger partial charge in [-0.3, -0.25) is 10.2 Å². The fraction of sp³-hybridized carbons (Fsp3) is 0.267. The summed E-state index contributed by atoms with van der Waals surface area (Å²) in [5, 5.41) is 8.86. The van der Waals surface area contributed by atoms with E-state index in [1.54, 1.807) is 13.0 Å². The highest BCUT2D eigenvalue weighted by Crippen LogP contribution is 2.19. The summed E-state index contributed by atoms with van der Waals surface area (Å²) in [5.41, 5.74) is 3.85. The number of benzene rings is 1. The minimum Gasteiger partial charge on any atom is -0.489 e. The van der Waals surface area contributed by atoms with E-state index in [1.165, 1.54) is 0 Å². The molecule has 0 aliphatic rings. The summed E-state index contributed by atoms with van der Waals surface area (Å²) < 4.78 is 11.0. The third-order valence-electron chi connectivity index (χ3n) is 3.09. The Hall–Kier alpha value is -2.31. The molecule has 4 N–H and O–H groups in total. The topological polar surface area (TPSA) is 97.7 Å². The summed E-state index contributed by atoms with van der Waals surface area (Å²) in [6.45, 7) is 2.18. The van der Waals surface area contributed by atoms with Gasteiger partial charge in [-0.1, -0.05) is 12.1 Å². The number of hydrogen-bond acceptors (Lipinski definition) is 5. The fourth-order valence-electron chi connectivity index (χ4n) is 1.89. The Morgan fingerprint density at radius 2 is 2.10 bits per heavy atom. The highest BCUT2D eigenvalue weighted by atomic mass is 16.5. The lowest BCUT2D eigenvalue weighted by molar-refractivity contribution is 0.0924. The van der Waals surface area contributed by atoms with Gasteiger partial charge in [-0.25, -0.2) is 5.84 Å². The molecule has 0 radical (unpaired) electrons. The lowest BCUT2D eigenvalue weighted by Crippen LogP contribution is -2.29. The second kappa shape index (κ2) is 6.92. The zero-order chi connectivity index (χ0) is 15.2. The summed E-state index contributed by atoms with van der Waals surface area (Å²) in [5.74, 6) is 6.07. The van der Waals surface area contributed by atoms with Crippen LogP contribution in [0.2, 0.25) is 0 Å². The van der Waals surface area contributed by atoms with Crippen LogP contribution < -0.4 is 16.0 Å². The van der Waals surface area contributed by atoms with E-state index in [4.69, 9.17) is 20.1 Å². The van der Waals surface area contributed by atoms with Crippen LogP contribution in [0.1, 0.15) is 27.4 Å². The normalized spacial score (nSPS) is 10.4. The molecule has 0 saturated heterocycles. The van der Waals surface area contributed by atoms with Crippen LogP contribution in [0.5, 0.6) is 5.75 Å². The molecule has 0 atom stereocenters. The number of nitrogens with two attached hydrogens (primary N) is 1. The molecule has 6 heteroatoms. The van der Waals surface area contributed by atoms with Crippen molar-refractivity contribution >= 4 is 5.91 Å². The van der Waals surface area contributed by atoms with Crippen LogP contribution in [-0.4, -0.2) is 17.6 Å². The number of aliphatic hydroxyl groups is 1. The lowest BCUT2D eigenvalue weighted by Gasteiger charge is -2.06. The van der Waals surface area contributed by atoms with Crippen LogP contribution in [0, 0.1) is 6.92 Å². The molecule has 1 aromatic carbocycles. The van der Waals surface area contributed by atoms with Crippen LogP contribution in [0.15, 0.2) is 34.7 Å². The van der Waals surface area contributed by atoms with E-state index in [-0.39, 0.29) is 12.4 Å². The first-order valence-corrected chi connectivity index (χ1v) is 6.57. The van der Waals surface area contributed by atoms with E-state index >= 15 is 0 Å². The molecule has 0 spiro atoms. The number of ether oxygens (including phenoxy) is 1. The molecule has 1 amide bonds. The summed E-state index contributed by atoms with van der Waals surface area (Å²) >= 11 is 0. The minimum atomic E-state index is -0.474. The van der Waals surface area contributed by atoms with Crippen molar-refractivity contribution in [2.45, 2.75) is 20.0 Å². The Balaban J connectivity index is 1.99. The van der Waals surface area contributed by atoms with Crippen molar-refractivity contribution in [1.82, 2.24) is 5.43 Å². The summed E-state index contributed by atoms with van der Waals surface area (Å²) in [7, 11) is 0. The van der Waals surface area contributed by atoms with Crippen LogP contribution in [0.25, 0.3) is 0 Å². The molecule has 0 aliphatic heterocycles. The number of rotatable bonds is 6. The van der Waals surface area contributed by atoms with Crippen molar-refractivity contribution in [2.75, 3.05) is 6.61 Å². The van der Waals surface area contributed by atoms with E-state index in [0.29, 0.717) is 24.5 Å². The number of nitrogens with one attached hydrogen (secondary N) is 1. The maximum Gasteiger partial charge on any atom is 0.300 e. The zero-order valence-electron chi connectivity index (χ0n) is 11.8. The van der Waals surface area contributed by atoms with Gasteiger partial charge in [0.25, 0.3) is 0 Å². The Morgan fingerprint density at radius 1 is 1.38 bits per heavy atom. The molecule has 0 aliphatic carbocycles. The molecular weight excluding hydrogens is 272 g/mol. The number of hydrogen-bond donors (Lipinski definition) is 3. The van der Waals surface area contributed by atoms with E-state index in [2.05, 4.69) is 0 Å². The Labute approximate surface area is 122 Å². The quantitative estimate of drug-likeness (QED) is 0.423. The van der Waals surface area contributed by atoms with Crippen molar-refractivity contribution in [3.63, 3.8) is 0 Å². The number of hydrazine groups is 1. The number of carbonyl (C=O) groups excluding carboxylic acids is 1. The second-order valence-electron chi connectivity index (χ2n) is 4.57. The number of furan rings is 1. The van der Waals surface area contributed by atoms with Gasteiger partial charge in [0.2, 0.25) is 0 Å². The average molecular weight is 290 g/mol. The van der Waals surface area contributed by atoms with Crippen molar-refractivity contribution in [1.29, 1.82) is 0 Å². The van der Waals surface area contributed by atoms with Gasteiger partial charge in [-0.2, -0.15) is 0 Å². The number of aryl methyl sites for hydroxylation is 1. The molecule has 0 saturated carbocycles. The number of carbonyl (C=O) groups is 1. The monoisotopic (exact) mass is 290 g/mol. The largest absolute Gasteiger partial charge is 0.489 e. The summed E-state index contributed by atoms with van der Waals surface area (Å²) in [4.78, 5) is 11.4. The molecule has 1 aromatic heterocycles. The van der Waals surface area contributed by atoms with Crippen LogP contribution in [0.4, 0.5) is 0 Å². The first-order chi connectivity index (χ1) is 10.1. The highest BCUT2D eigenvalue weighted by Gasteiger charge is 2.13. The molecule has 2 aromatic rings. The van der Waals surface area contributed by atoms with Crippen LogP contribution >= 0.6 is 0 Å². The predicted molar refractivity (Wildman–Crippen MR) is 76.7 cm³/mol. The maximum atomic E-state index is 11.4. The highest BCUT2D eigenvalue weighted by molar-refractivity contribution is 5.91. The fourth-order valence-corrected chi connectivity index (χ4v) is 1.89. The first kappa shape index (κ1) is 15.1. The Bertz CT molecular complexity index is 605. The van der Waals surface area contributed by atoms with E-state index in [1.807, 2.05) is 29.7 Å². The SMILES string of the molecule is Cc1oc(C(=O)NN)cc1COc1ccc(CCO)cc1. The molecule has 112 valence electrons. The molecule has 0 fully saturated rings. The van der Waals surface area contributed by atoms with E-state index in [9.17, 15) is 4.79 Å². The van der Waals surface area contributed by atoms with Gasteiger partial charge in [0.15, 0.2) is 5.76 Å². The maximum absolute atomic E-state index is 11.4. The number of amides is 1. The smallest absolute Gasteiger partial charge is 0.300 e. The van der Waals surface area contributed by atoms with Crippen LogP contribution in [0.3, 0.4) is 0 Å².